The molecule has 1 N–H and O–H groups in total. The number of thioether (sulfide) groups is 1. The summed E-state index contributed by atoms with van der Waals surface area (Å²) < 4.78 is 10.7. The van der Waals surface area contributed by atoms with E-state index in [0.29, 0.717) is 23.8 Å². The van der Waals surface area contributed by atoms with E-state index in [9.17, 15) is 9.59 Å². The summed E-state index contributed by atoms with van der Waals surface area (Å²) in [5.74, 6) is 1.07. The van der Waals surface area contributed by atoms with E-state index in [1.54, 1.807) is 19.1 Å². The van der Waals surface area contributed by atoms with Gasteiger partial charge in [0.2, 0.25) is 5.91 Å². The number of carbonyl (C=O) groups is 2. The zero-order chi connectivity index (χ0) is 18.1. The molecule has 0 aliphatic heterocycles. The van der Waals surface area contributed by atoms with Gasteiger partial charge < -0.3 is 14.8 Å². The van der Waals surface area contributed by atoms with E-state index >= 15 is 0 Å². The fourth-order valence-electron chi connectivity index (χ4n) is 2.01. The SMILES string of the molecule is CCOC(=O)CSCC(=O)Nc1ccccc1Oc1ccc(C)cc1. The van der Waals surface area contributed by atoms with Gasteiger partial charge in [0.1, 0.15) is 5.75 Å². The highest BCUT2D eigenvalue weighted by Gasteiger charge is 2.10. The zero-order valence-corrected chi connectivity index (χ0v) is 15.1. The molecule has 25 heavy (non-hydrogen) atoms. The van der Waals surface area contributed by atoms with Crippen LogP contribution in [-0.4, -0.2) is 30.0 Å². The minimum absolute atomic E-state index is 0.156. The van der Waals surface area contributed by atoms with Crippen molar-refractivity contribution in [3.63, 3.8) is 0 Å². The number of hydrogen-bond donors (Lipinski definition) is 1. The summed E-state index contributed by atoms with van der Waals surface area (Å²) >= 11 is 1.21. The lowest BCUT2D eigenvalue weighted by atomic mass is 10.2. The highest BCUT2D eigenvalue weighted by atomic mass is 32.2. The maximum Gasteiger partial charge on any atom is 0.315 e. The number of benzene rings is 2. The van der Waals surface area contributed by atoms with E-state index in [0.717, 1.165) is 5.56 Å². The van der Waals surface area contributed by atoms with E-state index in [2.05, 4.69) is 5.32 Å². The van der Waals surface area contributed by atoms with Crippen LogP contribution < -0.4 is 10.1 Å². The quantitative estimate of drug-likeness (QED) is 0.721. The Morgan fingerprint density at radius 3 is 2.48 bits per heavy atom. The first-order chi connectivity index (χ1) is 12.1. The molecule has 2 rings (SSSR count). The summed E-state index contributed by atoms with van der Waals surface area (Å²) in [4.78, 5) is 23.3. The van der Waals surface area contributed by atoms with Gasteiger partial charge in [-0.15, -0.1) is 11.8 Å². The molecule has 0 bridgehead atoms. The molecule has 0 fully saturated rings. The molecule has 0 unspecified atom stereocenters. The summed E-state index contributed by atoms with van der Waals surface area (Å²) in [6.45, 7) is 4.10. The number of amides is 1. The number of para-hydroxylation sites is 2. The third-order valence-electron chi connectivity index (χ3n) is 3.17. The Balaban J connectivity index is 1.92. The number of ether oxygens (including phenoxy) is 2. The molecule has 0 heterocycles. The summed E-state index contributed by atoms with van der Waals surface area (Å²) in [7, 11) is 0. The Labute approximate surface area is 151 Å². The van der Waals surface area contributed by atoms with Gasteiger partial charge in [0.25, 0.3) is 0 Å². The zero-order valence-electron chi connectivity index (χ0n) is 14.3. The monoisotopic (exact) mass is 359 g/mol. The van der Waals surface area contributed by atoms with E-state index in [1.807, 2.05) is 43.3 Å². The fraction of sp³-hybridized carbons (Fsp3) is 0.263. The topological polar surface area (TPSA) is 64.6 Å². The van der Waals surface area contributed by atoms with Crippen LogP contribution >= 0.6 is 11.8 Å². The number of esters is 1. The summed E-state index contributed by atoms with van der Waals surface area (Å²) in [6, 6.07) is 14.9. The highest BCUT2D eigenvalue weighted by Crippen LogP contribution is 2.29. The maximum absolute atomic E-state index is 12.1. The van der Waals surface area contributed by atoms with Crippen LogP contribution in [0.25, 0.3) is 0 Å². The molecule has 5 nitrogen and oxygen atoms in total. The highest BCUT2D eigenvalue weighted by molar-refractivity contribution is 8.00. The Morgan fingerprint density at radius 1 is 1.04 bits per heavy atom. The molecule has 0 atom stereocenters. The molecule has 0 aliphatic rings. The Hall–Kier alpha value is -2.47. The fourth-order valence-corrected chi connectivity index (χ4v) is 2.62. The minimum Gasteiger partial charge on any atom is -0.465 e. The van der Waals surface area contributed by atoms with Crippen LogP contribution in [0.15, 0.2) is 48.5 Å². The lowest BCUT2D eigenvalue weighted by Crippen LogP contribution is -2.16. The van der Waals surface area contributed by atoms with Crippen molar-refractivity contribution in [3.05, 3.63) is 54.1 Å². The van der Waals surface area contributed by atoms with Gasteiger partial charge in [-0.05, 0) is 38.1 Å². The third-order valence-corrected chi connectivity index (χ3v) is 4.07. The van der Waals surface area contributed by atoms with Gasteiger partial charge in [-0.2, -0.15) is 0 Å². The van der Waals surface area contributed by atoms with Crippen molar-refractivity contribution in [2.45, 2.75) is 13.8 Å². The number of aryl methyl sites for hydroxylation is 1. The molecule has 2 aromatic carbocycles. The largest absolute Gasteiger partial charge is 0.465 e. The molecule has 0 saturated heterocycles. The first kappa shape index (κ1) is 18.9. The van der Waals surface area contributed by atoms with Crippen LogP contribution in [0.2, 0.25) is 0 Å². The molecule has 132 valence electrons. The van der Waals surface area contributed by atoms with Crippen molar-refractivity contribution >= 4 is 29.3 Å². The number of hydrogen-bond acceptors (Lipinski definition) is 5. The van der Waals surface area contributed by atoms with Crippen LogP contribution in [0, 0.1) is 6.92 Å². The molecule has 1 amide bonds. The van der Waals surface area contributed by atoms with Gasteiger partial charge in [-0.3, -0.25) is 9.59 Å². The first-order valence-corrected chi connectivity index (χ1v) is 9.10. The summed E-state index contributed by atoms with van der Waals surface area (Å²) in [6.07, 6.45) is 0. The van der Waals surface area contributed by atoms with Gasteiger partial charge in [0.15, 0.2) is 5.75 Å². The molecule has 6 heteroatoms. The minimum atomic E-state index is -0.316. The summed E-state index contributed by atoms with van der Waals surface area (Å²) in [5.41, 5.74) is 1.73. The molecule has 0 spiro atoms. The number of nitrogens with one attached hydrogen (secondary N) is 1. The number of rotatable bonds is 8. The van der Waals surface area contributed by atoms with Crippen molar-refractivity contribution in [2.75, 3.05) is 23.4 Å². The van der Waals surface area contributed by atoms with E-state index in [4.69, 9.17) is 9.47 Å². The second kappa shape index (κ2) is 9.74. The third kappa shape index (κ3) is 6.51. The Bertz CT molecular complexity index is 716. The normalized spacial score (nSPS) is 10.2. The molecular formula is C19H21NO4S. The van der Waals surface area contributed by atoms with Crippen molar-refractivity contribution < 1.29 is 19.1 Å². The average molecular weight is 359 g/mol. The predicted molar refractivity (Wildman–Crippen MR) is 100 cm³/mol. The molecule has 0 radical (unpaired) electrons. The van der Waals surface area contributed by atoms with Crippen molar-refractivity contribution in [1.29, 1.82) is 0 Å². The Kier molecular flexibility index (Phi) is 7.35. The van der Waals surface area contributed by atoms with Crippen molar-refractivity contribution in [3.8, 4) is 11.5 Å². The lowest BCUT2D eigenvalue weighted by Gasteiger charge is -2.12. The number of anilines is 1. The lowest BCUT2D eigenvalue weighted by molar-refractivity contribution is -0.139. The van der Waals surface area contributed by atoms with Gasteiger partial charge in [-0.25, -0.2) is 0 Å². The van der Waals surface area contributed by atoms with Crippen LogP contribution in [0.4, 0.5) is 5.69 Å². The van der Waals surface area contributed by atoms with Crippen LogP contribution in [0.1, 0.15) is 12.5 Å². The van der Waals surface area contributed by atoms with Gasteiger partial charge >= 0.3 is 5.97 Å². The van der Waals surface area contributed by atoms with E-state index in [-0.39, 0.29) is 23.4 Å². The molecule has 0 aromatic heterocycles. The maximum atomic E-state index is 12.1. The average Bonchev–Trinajstić information content (AvgIpc) is 2.59. The second-order valence-electron chi connectivity index (χ2n) is 5.26. The predicted octanol–water partition coefficient (Wildman–Crippen LogP) is 4.02. The van der Waals surface area contributed by atoms with E-state index < -0.39 is 0 Å². The molecule has 0 saturated carbocycles. The summed E-state index contributed by atoms with van der Waals surface area (Å²) in [5, 5.41) is 2.81. The van der Waals surface area contributed by atoms with Gasteiger partial charge in [0, 0.05) is 0 Å². The molecular weight excluding hydrogens is 338 g/mol. The van der Waals surface area contributed by atoms with Crippen molar-refractivity contribution in [2.24, 2.45) is 0 Å². The van der Waals surface area contributed by atoms with Crippen molar-refractivity contribution in [1.82, 2.24) is 0 Å². The second-order valence-corrected chi connectivity index (χ2v) is 6.24. The molecule has 2 aromatic rings. The van der Waals surface area contributed by atoms with E-state index in [1.165, 1.54) is 11.8 Å². The van der Waals surface area contributed by atoms with Gasteiger partial charge in [-0.1, -0.05) is 29.8 Å². The first-order valence-electron chi connectivity index (χ1n) is 7.95. The molecule has 0 aliphatic carbocycles. The van der Waals surface area contributed by atoms with Crippen LogP contribution in [0.5, 0.6) is 11.5 Å². The van der Waals surface area contributed by atoms with Crippen LogP contribution in [0.3, 0.4) is 0 Å². The smallest absolute Gasteiger partial charge is 0.315 e. The number of carbonyl (C=O) groups excluding carboxylic acids is 2. The van der Waals surface area contributed by atoms with Gasteiger partial charge in [0.05, 0.1) is 23.8 Å². The standard InChI is InChI=1S/C19H21NO4S/c1-3-23-19(22)13-25-12-18(21)20-16-6-4-5-7-17(16)24-15-10-8-14(2)9-11-15/h4-11H,3,12-13H2,1-2H3,(H,20,21). The Morgan fingerprint density at radius 2 is 1.76 bits per heavy atom. The van der Waals surface area contributed by atoms with Crippen LogP contribution in [-0.2, 0) is 14.3 Å².